The van der Waals surface area contributed by atoms with Gasteiger partial charge in [0.25, 0.3) is 0 Å². The number of aliphatic hydroxyl groups is 1. The highest BCUT2D eigenvalue weighted by molar-refractivity contribution is 5.95. The van der Waals surface area contributed by atoms with E-state index in [1.807, 2.05) is 19.1 Å². The van der Waals surface area contributed by atoms with Crippen LogP contribution in [0.25, 0.3) is 0 Å². The van der Waals surface area contributed by atoms with Crippen LogP contribution in [-0.2, 0) is 9.53 Å². The molecular formula is C18H27N3O3. The lowest BCUT2D eigenvalue weighted by atomic mass is 9.94. The number of ether oxygens (including phenoxy) is 1. The molecule has 1 amide bonds. The van der Waals surface area contributed by atoms with Gasteiger partial charge in [-0.25, -0.2) is 4.98 Å². The van der Waals surface area contributed by atoms with E-state index in [1.54, 1.807) is 6.20 Å². The van der Waals surface area contributed by atoms with Crippen molar-refractivity contribution in [2.45, 2.75) is 38.7 Å². The molecule has 0 unspecified atom stereocenters. The Bertz CT molecular complexity index is 558. The Labute approximate surface area is 143 Å². The first-order valence-electron chi connectivity index (χ1n) is 8.92. The van der Waals surface area contributed by atoms with Gasteiger partial charge in [-0.1, -0.05) is 0 Å². The summed E-state index contributed by atoms with van der Waals surface area (Å²) in [6.07, 6.45) is 5.41. The smallest absolute Gasteiger partial charge is 0.230 e. The number of aliphatic hydroxyl groups excluding tert-OH is 1. The topological polar surface area (TPSA) is 74.7 Å². The standard InChI is InChI=1S/C18H27N3O3/c1-13-15(4-3-11-24-13)18(23)20-16-5-2-8-19-17(16)21-9-6-14(12-22)7-10-21/h2,5,8,13-15,22H,3-4,6-7,9-12H2,1H3,(H,20,23)/t13-,15-/m1/s1. The molecule has 0 spiro atoms. The number of hydrogen-bond donors (Lipinski definition) is 2. The Balaban J connectivity index is 1.69. The number of nitrogens with zero attached hydrogens (tertiary/aromatic N) is 2. The number of anilines is 2. The van der Waals surface area contributed by atoms with E-state index in [0.717, 1.165) is 56.9 Å². The molecule has 2 aliphatic heterocycles. The minimum absolute atomic E-state index is 0.0155. The fourth-order valence-electron chi connectivity index (χ4n) is 3.57. The Kier molecular flexibility index (Phi) is 5.68. The maximum atomic E-state index is 12.6. The normalized spacial score (nSPS) is 25.5. The van der Waals surface area contributed by atoms with Crippen molar-refractivity contribution in [3.05, 3.63) is 18.3 Å². The Hall–Kier alpha value is -1.66. The third kappa shape index (κ3) is 3.87. The van der Waals surface area contributed by atoms with Gasteiger partial charge in [-0.2, -0.15) is 0 Å². The number of carbonyl (C=O) groups excluding carboxylic acids is 1. The molecule has 2 saturated heterocycles. The Morgan fingerprint density at radius 1 is 1.42 bits per heavy atom. The highest BCUT2D eigenvalue weighted by Crippen LogP contribution is 2.29. The summed E-state index contributed by atoms with van der Waals surface area (Å²) in [7, 11) is 0. The molecule has 0 aliphatic carbocycles. The zero-order chi connectivity index (χ0) is 16.9. The highest BCUT2D eigenvalue weighted by atomic mass is 16.5. The SMILES string of the molecule is C[C@H]1OCCC[C@H]1C(=O)Nc1cccnc1N1CCC(CO)CC1. The minimum atomic E-state index is -0.105. The van der Waals surface area contributed by atoms with Crippen LogP contribution in [0.2, 0.25) is 0 Å². The number of hydrogen-bond acceptors (Lipinski definition) is 5. The van der Waals surface area contributed by atoms with Gasteiger partial charge in [-0.05, 0) is 50.7 Å². The second kappa shape index (κ2) is 7.94. The number of aromatic nitrogens is 1. The van der Waals surface area contributed by atoms with Crippen molar-refractivity contribution in [3.63, 3.8) is 0 Å². The van der Waals surface area contributed by atoms with Crippen LogP contribution in [0, 0.1) is 11.8 Å². The van der Waals surface area contributed by atoms with Crippen molar-refractivity contribution in [1.29, 1.82) is 0 Å². The van der Waals surface area contributed by atoms with Gasteiger partial charge in [0, 0.05) is 32.5 Å². The maximum Gasteiger partial charge on any atom is 0.230 e. The van der Waals surface area contributed by atoms with Gasteiger partial charge >= 0.3 is 0 Å². The number of piperidine rings is 1. The molecule has 2 fully saturated rings. The molecule has 3 heterocycles. The fourth-order valence-corrected chi connectivity index (χ4v) is 3.57. The molecule has 132 valence electrons. The molecule has 0 aromatic carbocycles. The van der Waals surface area contributed by atoms with Gasteiger partial charge in [-0.15, -0.1) is 0 Å². The van der Waals surface area contributed by atoms with E-state index in [9.17, 15) is 9.90 Å². The van der Waals surface area contributed by atoms with Crippen LogP contribution in [0.5, 0.6) is 0 Å². The molecule has 6 heteroatoms. The third-order valence-electron chi connectivity index (χ3n) is 5.16. The summed E-state index contributed by atoms with van der Waals surface area (Å²) in [6.45, 7) is 4.66. The molecule has 1 aromatic rings. The van der Waals surface area contributed by atoms with Gasteiger partial charge in [0.15, 0.2) is 5.82 Å². The lowest BCUT2D eigenvalue weighted by Gasteiger charge is -2.33. The van der Waals surface area contributed by atoms with Crippen LogP contribution in [0.15, 0.2) is 18.3 Å². The molecule has 2 aliphatic rings. The van der Waals surface area contributed by atoms with Gasteiger partial charge in [0.1, 0.15) is 0 Å². The van der Waals surface area contributed by atoms with Gasteiger partial charge in [0.2, 0.25) is 5.91 Å². The molecule has 1 aromatic heterocycles. The van der Waals surface area contributed by atoms with Crippen molar-refractivity contribution in [2.75, 3.05) is 36.5 Å². The second-order valence-corrected chi connectivity index (χ2v) is 6.80. The molecule has 0 radical (unpaired) electrons. The van der Waals surface area contributed by atoms with Crippen LogP contribution < -0.4 is 10.2 Å². The van der Waals surface area contributed by atoms with Crippen molar-refractivity contribution >= 4 is 17.4 Å². The van der Waals surface area contributed by atoms with Crippen molar-refractivity contribution in [2.24, 2.45) is 11.8 Å². The van der Waals surface area contributed by atoms with E-state index in [-0.39, 0.29) is 24.5 Å². The lowest BCUT2D eigenvalue weighted by Crippen LogP contribution is -2.38. The van der Waals surface area contributed by atoms with Crippen molar-refractivity contribution in [1.82, 2.24) is 4.98 Å². The van der Waals surface area contributed by atoms with Crippen molar-refractivity contribution in [3.8, 4) is 0 Å². The van der Waals surface area contributed by atoms with Crippen LogP contribution in [0.4, 0.5) is 11.5 Å². The monoisotopic (exact) mass is 333 g/mol. The van der Waals surface area contributed by atoms with E-state index in [0.29, 0.717) is 5.92 Å². The average Bonchev–Trinajstić information content (AvgIpc) is 2.62. The number of nitrogens with one attached hydrogen (secondary N) is 1. The van der Waals surface area contributed by atoms with E-state index in [1.165, 1.54) is 0 Å². The van der Waals surface area contributed by atoms with E-state index < -0.39 is 0 Å². The second-order valence-electron chi connectivity index (χ2n) is 6.80. The minimum Gasteiger partial charge on any atom is -0.396 e. The van der Waals surface area contributed by atoms with E-state index in [2.05, 4.69) is 15.2 Å². The van der Waals surface area contributed by atoms with E-state index in [4.69, 9.17) is 4.74 Å². The predicted octanol–water partition coefficient (Wildman–Crippen LogP) is 2.04. The van der Waals surface area contributed by atoms with Crippen LogP contribution in [0.3, 0.4) is 0 Å². The van der Waals surface area contributed by atoms with Gasteiger partial charge < -0.3 is 20.1 Å². The molecule has 6 nitrogen and oxygen atoms in total. The number of rotatable bonds is 4. The lowest BCUT2D eigenvalue weighted by molar-refractivity contribution is -0.127. The third-order valence-corrected chi connectivity index (χ3v) is 5.16. The molecule has 2 atom stereocenters. The zero-order valence-electron chi connectivity index (χ0n) is 14.3. The first kappa shape index (κ1) is 17.2. The predicted molar refractivity (Wildman–Crippen MR) is 93.0 cm³/mol. The zero-order valence-corrected chi connectivity index (χ0v) is 14.3. The van der Waals surface area contributed by atoms with Crippen LogP contribution in [0.1, 0.15) is 32.6 Å². The number of carbonyl (C=O) groups is 1. The Morgan fingerprint density at radius 2 is 2.21 bits per heavy atom. The van der Waals surface area contributed by atoms with Gasteiger partial charge in [-0.3, -0.25) is 4.79 Å². The van der Waals surface area contributed by atoms with Crippen molar-refractivity contribution < 1.29 is 14.6 Å². The number of pyridine rings is 1. The number of amides is 1. The molecule has 3 rings (SSSR count). The largest absolute Gasteiger partial charge is 0.396 e. The maximum absolute atomic E-state index is 12.6. The molecular weight excluding hydrogens is 306 g/mol. The van der Waals surface area contributed by atoms with E-state index >= 15 is 0 Å². The molecule has 24 heavy (non-hydrogen) atoms. The fraction of sp³-hybridized carbons (Fsp3) is 0.667. The molecule has 2 N–H and O–H groups in total. The first-order valence-corrected chi connectivity index (χ1v) is 8.92. The van der Waals surface area contributed by atoms with Crippen LogP contribution >= 0.6 is 0 Å². The Morgan fingerprint density at radius 3 is 2.92 bits per heavy atom. The highest BCUT2D eigenvalue weighted by Gasteiger charge is 2.30. The van der Waals surface area contributed by atoms with Gasteiger partial charge in [0.05, 0.1) is 17.7 Å². The summed E-state index contributed by atoms with van der Waals surface area (Å²) in [5.41, 5.74) is 0.766. The molecule has 0 saturated carbocycles. The average molecular weight is 333 g/mol. The summed E-state index contributed by atoms with van der Waals surface area (Å²) >= 11 is 0. The summed E-state index contributed by atoms with van der Waals surface area (Å²) in [6, 6.07) is 3.76. The molecule has 0 bridgehead atoms. The summed E-state index contributed by atoms with van der Waals surface area (Å²) in [5, 5.41) is 12.3. The summed E-state index contributed by atoms with van der Waals surface area (Å²) < 4.78 is 5.61. The quantitative estimate of drug-likeness (QED) is 0.882. The first-order chi connectivity index (χ1) is 11.7. The van der Waals surface area contributed by atoms with Crippen LogP contribution in [-0.4, -0.2) is 48.4 Å². The summed E-state index contributed by atoms with van der Waals surface area (Å²) in [4.78, 5) is 19.3. The summed E-state index contributed by atoms with van der Waals surface area (Å²) in [5.74, 6) is 1.11.